The van der Waals surface area contributed by atoms with Crippen LogP contribution in [0, 0.1) is 5.82 Å². The summed E-state index contributed by atoms with van der Waals surface area (Å²) in [5, 5.41) is 6.16. The number of hydrogen-bond acceptors (Lipinski definition) is 1. The first-order valence-corrected chi connectivity index (χ1v) is 7.04. The molecule has 0 unspecified atom stereocenters. The van der Waals surface area contributed by atoms with Crippen LogP contribution in [0.15, 0.2) is 42.5 Å². The first-order valence-electron chi connectivity index (χ1n) is 6.29. The largest absolute Gasteiger partial charge is 0.338 e. The summed E-state index contributed by atoms with van der Waals surface area (Å²) in [6.45, 7) is 0.382. The van der Waals surface area contributed by atoms with Gasteiger partial charge in [-0.1, -0.05) is 35.3 Å². The summed E-state index contributed by atoms with van der Waals surface area (Å²) in [6, 6.07) is 10.7. The fraction of sp³-hybridized carbons (Fsp3) is 0.133. The lowest BCUT2D eigenvalue weighted by atomic mass is 10.1. The number of rotatable bonds is 4. The molecule has 3 nitrogen and oxygen atoms in total. The normalized spacial score (nSPS) is 10.2. The summed E-state index contributed by atoms with van der Waals surface area (Å²) in [4.78, 5) is 11.7. The molecule has 0 spiro atoms. The number of carbonyl (C=O) groups excluding carboxylic acids is 1. The Morgan fingerprint density at radius 1 is 1.14 bits per heavy atom. The number of halogens is 3. The zero-order valence-electron chi connectivity index (χ0n) is 11.0. The molecule has 2 amide bonds. The Hall–Kier alpha value is -1.78. The van der Waals surface area contributed by atoms with Crippen molar-refractivity contribution in [3.8, 4) is 0 Å². The van der Waals surface area contributed by atoms with Crippen molar-refractivity contribution in [2.75, 3.05) is 11.9 Å². The lowest BCUT2D eigenvalue weighted by molar-refractivity contribution is 0.252. The second-order valence-electron chi connectivity index (χ2n) is 4.38. The molecule has 0 saturated heterocycles. The lowest BCUT2D eigenvalue weighted by Crippen LogP contribution is -2.30. The maximum atomic E-state index is 13.0. The Kier molecular flexibility index (Phi) is 5.42. The van der Waals surface area contributed by atoms with Gasteiger partial charge in [0.05, 0.1) is 10.7 Å². The van der Waals surface area contributed by atoms with E-state index >= 15 is 0 Å². The molecule has 2 aromatic rings. The molecule has 0 aliphatic rings. The van der Waals surface area contributed by atoms with Gasteiger partial charge in [0.2, 0.25) is 0 Å². The van der Waals surface area contributed by atoms with Crippen LogP contribution in [0.1, 0.15) is 5.56 Å². The van der Waals surface area contributed by atoms with Gasteiger partial charge in [0.15, 0.2) is 0 Å². The first kappa shape index (κ1) is 15.6. The molecule has 0 bridgehead atoms. The average Bonchev–Trinajstić information content (AvgIpc) is 2.43. The van der Waals surface area contributed by atoms with Gasteiger partial charge in [-0.3, -0.25) is 0 Å². The molecule has 0 heterocycles. The third-order valence-corrected chi connectivity index (χ3v) is 3.33. The van der Waals surface area contributed by atoms with E-state index in [2.05, 4.69) is 10.6 Å². The van der Waals surface area contributed by atoms with Crippen LogP contribution in [0.25, 0.3) is 0 Å². The highest BCUT2D eigenvalue weighted by molar-refractivity contribution is 6.35. The van der Waals surface area contributed by atoms with Crippen LogP contribution in [0.4, 0.5) is 14.9 Å². The van der Waals surface area contributed by atoms with Crippen LogP contribution in [0.3, 0.4) is 0 Å². The highest BCUT2D eigenvalue weighted by Gasteiger charge is 2.06. The smallest absolute Gasteiger partial charge is 0.319 e. The summed E-state index contributed by atoms with van der Waals surface area (Å²) in [5.74, 6) is -0.289. The summed E-state index contributed by atoms with van der Waals surface area (Å²) < 4.78 is 13.0. The Labute approximate surface area is 132 Å². The maximum absolute atomic E-state index is 13.0. The van der Waals surface area contributed by atoms with Crippen molar-refractivity contribution in [1.29, 1.82) is 0 Å². The molecular weight excluding hydrogens is 314 g/mol. The van der Waals surface area contributed by atoms with Crippen LogP contribution in [0.5, 0.6) is 0 Å². The molecule has 2 N–H and O–H groups in total. The van der Waals surface area contributed by atoms with Crippen molar-refractivity contribution in [2.45, 2.75) is 6.42 Å². The van der Waals surface area contributed by atoms with Gasteiger partial charge in [-0.25, -0.2) is 9.18 Å². The Balaban J connectivity index is 1.84. The summed E-state index contributed by atoms with van der Waals surface area (Å²) in [6.07, 6.45) is 0.536. The zero-order valence-corrected chi connectivity index (χ0v) is 12.5. The van der Waals surface area contributed by atoms with Crippen molar-refractivity contribution in [3.63, 3.8) is 0 Å². The second kappa shape index (κ2) is 7.29. The molecule has 21 heavy (non-hydrogen) atoms. The van der Waals surface area contributed by atoms with Crippen molar-refractivity contribution in [1.82, 2.24) is 5.32 Å². The van der Waals surface area contributed by atoms with E-state index in [0.29, 0.717) is 28.7 Å². The van der Waals surface area contributed by atoms with Crippen LogP contribution >= 0.6 is 23.2 Å². The van der Waals surface area contributed by atoms with Gasteiger partial charge >= 0.3 is 6.03 Å². The fourth-order valence-electron chi connectivity index (χ4n) is 1.77. The van der Waals surface area contributed by atoms with Gasteiger partial charge in [-0.15, -0.1) is 0 Å². The van der Waals surface area contributed by atoms with Gasteiger partial charge in [0, 0.05) is 11.6 Å². The maximum Gasteiger partial charge on any atom is 0.319 e. The molecule has 0 saturated carbocycles. The van der Waals surface area contributed by atoms with Crippen molar-refractivity contribution >= 4 is 34.9 Å². The number of anilines is 1. The number of urea groups is 1. The van der Waals surface area contributed by atoms with Crippen LogP contribution in [-0.4, -0.2) is 12.6 Å². The van der Waals surface area contributed by atoms with E-state index < -0.39 is 6.03 Å². The minimum absolute atomic E-state index is 0.289. The third kappa shape index (κ3) is 4.92. The zero-order chi connectivity index (χ0) is 15.2. The minimum Gasteiger partial charge on any atom is -0.338 e. The molecule has 0 aromatic heterocycles. The Morgan fingerprint density at radius 2 is 1.95 bits per heavy atom. The van der Waals surface area contributed by atoms with Gasteiger partial charge in [0.1, 0.15) is 5.82 Å². The van der Waals surface area contributed by atoms with Gasteiger partial charge in [-0.05, 0) is 42.3 Å². The SMILES string of the molecule is O=C(NCCc1cccc(F)c1)Nc1cc(Cl)ccc1Cl. The van der Waals surface area contributed by atoms with E-state index in [4.69, 9.17) is 23.2 Å². The van der Waals surface area contributed by atoms with E-state index in [-0.39, 0.29) is 5.82 Å². The van der Waals surface area contributed by atoms with Gasteiger partial charge < -0.3 is 10.6 Å². The molecule has 0 aliphatic heterocycles. The van der Waals surface area contributed by atoms with Crippen molar-refractivity contribution in [2.24, 2.45) is 0 Å². The molecule has 110 valence electrons. The number of amides is 2. The van der Waals surface area contributed by atoms with Gasteiger partial charge in [0.25, 0.3) is 0 Å². The summed E-state index contributed by atoms with van der Waals surface area (Å²) in [5.41, 5.74) is 1.25. The number of benzene rings is 2. The molecule has 0 fully saturated rings. The van der Waals surface area contributed by atoms with E-state index in [1.54, 1.807) is 30.3 Å². The summed E-state index contributed by atoms with van der Waals surface area (Å²) in [7, 11) is 0. The van der Waals surface area contributed by atoms with E-state index in [1.807, 2.05) is 0 Å². The highest BCUT2D eigenvalue weighted by Crippen LogP contribution is 2.25. The first-order chi connectivity index (χ1) is 10.0. The Morgan fingerprint density at radius 3 is 2.71 bits per heavy atom. The molecule has 2 aromatic carbocycles. The van der Waals surface area contributed by atoms with Crippen LogP contribution < -0.4 is 10.6 Å². The monoisotopic (exact) mass is 326 g/mol. The Bertz CT molecular complexity index is 649. The third-order valence-electron chi connectivity index (χ3n) is 2.76. The van der Waals surface area contributed by atoms with E-state index in [0.717, 1.165) is 5.56 Å². The predicted octanol–water partition coefficient (Wildman–Crippen LogP) is 4.50. The highest BCUT2D eigenvalue weighted by atomic mass is 35.5. The molecule has 0 atom stereocenters. The number of carbonyl (C=O) groups is 1. The number of hydrogen-bond donors (Lipinski definition) is 2. The van der Waals surface area contributed by atoms with Gasteiger partial charge in [-0.2, -0.15) is 0 Å². The molecular formula is C15H13Cl2FN2O. The van der Waals surface area contributed by atoms with E-state index in [9.17, 15) is 9.18 Å². The van der Waals surface area contributed by atoms with Crippen molar-refractivity contribution < 1.29 is 9.18 Å². The topological polar surface area (TPSA) is 41.1 Å². The molecule has 6 heteroatoms. The van der Waals surface area contributed by atoms with Crippen molar-refractivity contribution in [3.05, 3.63) is 63.9 Å². The van der Waals surface area contributed by atoms with Crippen LogP contribution in [-0.2, 0) is 6.42 Å². The average molecular weight is 327 g/mol. The molecule has 2 rings (SSSR count). The summed E-state index contributed by atoms with van der Waals surface area (Å²) >= 11 is 11.8. The molecule has 0 radical (unpaired) electrons. The standard InChI is InChI=1S/C15H13Cl2FN2O/c16-11-4-5-13(17)14(9-11)20-15(21)19-7-6-10-2-1-3-12(18)8-10/h1-5,8-9H,6-7H2,(H2,19,20,21). The molecule has 0 aliphatic carbocycles. The minimum atomic E-state index is -0.393. The quantitative estimate of drug-likeness (QED) is 0.853. The number of nitrogens with one attached hydrogen (secondary N) is 2. The predicted molar refractivity (Wildman–Crippen MR) is 83.6 cm³/mol. The fourth-order valence-corrected chi connectivity index (χ4v) is 2.11. The van der Waals surface area contributed by atoms with Crippen LogP contribution in [0.2, 0.25) is 10.0 Å². The second-order valence-corrected chi connectivity index (χ2v) is 5.23. The lowest BCUT2D eigenvalue weighted by Gasteiger charge is -2.09. The van der Waals surface area contributed by atoms with E-state index in [1.165, 1.54) is 12.1 Å².